The van der Waals surface area contributed by atoms with Crippen molar-refractivity contribution in [2.45, 2.75) is 70.2 Å². The van der Waals surface area contributed by atoms with E-state index in [1.54, 1.807) is 0 Å². The van der Waals surface area contributed by atoms with E-state index in [0.29, 0.717) is 18.3 Å². The van der Waals surface area contributed by atoms with Crippen LogP contribution in [0.1, 0.15) is 58.8 Å². The molecule has 0 aromatic heterocycles. The molecule has 0 bridgehead atoms. The number of hydrogen-bond donors (Lipinski definition) is 2. The highest BCUT2D eigenvalue weighted by molar-refractivity contribution is 5.66. The summed E-state index contributed by atoms with van der Waals surface area (Å²) in [7, 11) is 0. The van der Waals surface area contributed by atoms with Gasteiger partial charge in [0.25, 0.3) is 0 Å². The van der Waals surface area contributed by atoms with Crippen LogP contribution < -0.4 is 0 Å². The Balaban J connectivity index is 1.71. The van der Waals surface area contributed by atoms with Crippen molar-refractivity contribution in [3.8, 4) is 12.3 Å². The molecule has 2 N–H and O–H groups in total. The minimum absolute atomic E-state index is 0.185. The molecule has 0 aliphatic heterocycles. The third kappa shape index (κ3) is 2.55. The summed E-state index contributed by atoms with van der Waals surface area (Å²) >= 11 is 0. The number of allylic oxidation sites excluding steroid dienone is 1. The lowest BCUT2D eigenvalue weighted by molar-refractivity contribution is -0.243. The maximum Gasteiger partial charge on any atom is 0.305 e. The van der Waals surface area contributed by atoms with Gasteiger partial charge in [0.05, 0.1) is 0 Å². The van der Waals surface area contributed by atoms with Gasteiger partial charge in [0.15, 0.2) is 0 Å². The van der Waals surface area contributed by atoms with Crippen molar-refractivity contribution in [3.63, 3.8) is 0 Å². The normalized spacial score (nSPS) is 48.6. The molecule has 7 atom stereocenters. The van der Waals surface area contributed by atoms with E-state index in [1.165, 1.54) is 6.92 Å². The molecule has 4 nitrogen and oxygen atoms in total. The molecule has 0 saturated heterocycles. The Bertz CT molecular complexity index is 761. The maximum atomic E-state index is 11.7. The summed E-state index contributed by atoms with van der Waals surface area (Å²) in [5.41, 5.74) is 0.657. The highest BCUT2D eigenvalue weighted by Gasteiger charge is 2.64. The van der Waals surface area contributed by atoms with Gasteiger partial charge in [-0.1, -0.05) is 31.1 Å². The van der Waals surface area contributed by atoms with Crippen LogP contribution in [0.4, 0.5) is 0 Å². The van der Waals surface area contributed by atoms with Gasteiger partial charge in [-0.15, -0.1) is 6.42 Å². The molecule has 0 amide bonds. The molecule has 27 heavy (non-hydrogen) atoms. The number of aliphatic hydroxyl groups is 2. The van der Waals surface area contributed by atoms with E-state index in [0.717, 1.165) is 43.3 Å². The average molecular weight is 370 g/mol. The first-order chi connectivity index (χ1) is 12.6. The zero-order valence-corrected chi connectivity index (χ0v) is 16.3. The number of ether oxygens (including phenoxy) is 1. The second-order valence-corrected chi connectivity index (χ2v) is 9.44. The summed E-state index contributed by atoms with van der Waals surface area (Å²) in [4.78, 5) is 11.7. The van der Waals surface area contributed by atoms with E-state index >= 15 is 0 Å². The Labute approximate surface area is 161 Å². The molecule has 0 spiro atoms. The first-order valence-corrected chi connectivity index (χ1v) is 10.1. The van der Waals surface area contributed by atoms with Gasteiger partial charge in [-0.25, -0.2) is 0 Å². The lowest BCUT2D eigenvalue weighted by atomic mass is 9.50. The van der Waals surface area contributed by atoms with Gasteiger partial charge < -0.3 is 14.9 Å². The van der Waals surface area contributed by atoms with Crippen molar-refractivity contribution >= 4 is 5.97 Å². The fourth-order valence-electron chi connectivity index (χ4n) is 7.05. The van der Waals surface area contributed by atoms with Crippen molar-refractivity contribution in [3.05, 3.63) is 23.8 Å². The lowest BCUT2D eigenvalue weighted by Crippen LogP contribution is -2.57. The summed E-state index contributed by atoms with van der Waals surface area (Å²) in [6.07, 6.45) is 13.3. The fourth-order valence-corrected chi connectivity index (χ4v) is 7.05. The molecule has 0 aromatic rings. The maximum absolute atomic E-state index is 11.7. The second-order valence-electron chi connectivity index (χ2n) is 9.44. The van der Waals surface area contributed by atoms with Crippen LogP contribution in [0.25, 0.3) is 0 Å². The first-order valence-electron chi connectivity index (χ1n) is 10.1. The Morgan fingerprint density at radius 2 is 2.04 bits per heavy atom. The van der Waals surface area contributed by atoms with Crippen molar-refractivity contribution in [2.75, 3.05) is 0 Å². The summed E-state index contributed by atoms with van der Waals surface area (Å²) in [5.74, 6) is 1.49. The van der Waals surface area contributed by atoms with E-state index in [2.05, 4.69) is 25.5 Å². The van der Waals surface area contributed by atoms with Gasteiger partial charge >= 0.3 is 5.97 Å². The smallest absolute Gasteiger partial charge is 0.305 e. The number of carbonyl (C=O) groups is 1. The molecular weight excluding hydrogens is 340 g/mol. The summed E-state index contributed by atoms with van der Waals surface area (Å²) in [5, 5.41) is 22.4. The van der Waals surface area contributed by atoms with Crippen LogP contribution in [0, 0.1) is 41.4 Å². The zero-order valence-electron chi connectivity index (χ0n) is 16.3. The van der Waals surface area contributed by atoms with Crippen LogP contribution in [-0.4, -0.2) is 27.6 Å². The SMILES string of the molecule is C#C[C@]1(O)CC[C@H]2[C@@H]3CCC4=CC(=C)CC(O)(OC(C)=O)[C@@H]4[C@H]3CC[C@@]21C. The second kappa shape index (κ2) is 5.96. The van der Waals surface area contributed by atoms with Gasteiger partial charge in [0.1, 0.15) is 5.60 Å². The molecule has 4 aliphatic carbocycles. The van der Waals surface area contributed by atoms with Crippen LogP contribution in [-0.2, 0) is 9.53 Å². The van der Waals surface area contributed by atoms with Gasteiger partial charge in [-0.2, -0.15) is 0 Å². The van der Waals surface area contributed by atoms with E-state index < -0.39 is 17.4 Å². The van der Waals surface area contributed by atoms with Crippen molar-refractivity contribution in [2.24, 2.45) is 29.1 Å². The van der Waals surface area contributed by atoms with E-state index in [1.807, 2.05) is 0 Å². The van der Waals surface area contributed by atoms with Crippen LogP contribution in [0.15, 0.2) is 23.8 Å². The summed E-state index contributed by atoms with van der Waals surface area (Å²) < 4.78 is 5.50. The van der Waals surface area contributed by atoms with Crippen LogP contribution in [0.2, 0.25) is 0 Å². The molecule has 0 radical (unpaired) electrons. The number of terminal acetylenes is 1. The van der Waals surface area contributed by atoms with Crippen molar-refractivity contribution < 1.29 is 19.7 Å². The average Bonchev–Trinajstić information content (AvgIpc) is 2.85. The summed E-state index contributed by atoms with van der Waals surface area (Å²) in [6, 6.07) is 0. The molecule has 4 rings (SSSR count). The van der Waals surface area contributed by atoms with Crippen LogP contribution in [0.5, 0.6) is 0 Å². The highest BCUT2D eigenvalue weighted by atomic mass is 16.7. The Kier molecular flexibility index (Phi) is 4.15. The predicted octanol–water partition coefficient (Wildman–Crippen LogP) is 3.34. The minimum atomic E-state index is -1.51. The third-order valence-electron chi connectivity index (χ3n) is 8.15. The number of fused-ring (bicyclic) bond motifs is 5. The molecule has 1 unspecified atom stereocenters. The van der Waals surface area contributed by atoms with Gasteiger partial charge in [0.2, 0.25) is 5.79 Å². The number of hydrogen-bond acceptors (Lipinski definition) is 4. The van der Waals surface area contributed by atoms with E-state index in [4.69, 9.17) is 11.2 Å². The molecule has 0 aromatic carbocycles. The fraction of sp³-hybridized carbons (Fsp3) is 0.696. The monoisotopic (exact) mass is 370 g/mol. The third-order valence-corrected chi connectivity index (χ3v) is 8.15. The molecular formula is C23H30O4. The quantitative estimate of drug-likeness (QED) is 0.422. The van der Waals surface area contributed by atoms with Gasteiger partial charge in [-0.05, 0) is 61.9 Å². The van der Waals surface area contributed by atoms with Crippen LogP contribution in [0.3, 0.4) is 0 Å². The number of esters is 1. The molecule has 4 aliphatic rings. The van der Waals surface area contributed by atoms with Gasteiger partial charge in [-0.3, -0.25) is 4.79 Å². The molecule has 3 fully saturated rings. The predicted molar refractivity (Wildman–Crippen MR) is 102 cm³/mol. The molecule has 146 valence electrons. The van der Waals surface area contributed by atoms with Crippen molar-refractivity contribution in [1.82, 2.24) is 0 Å². The highest BCUT2D eigenvalue weighted by Crippen LogP contribution is 2.65. The number of rotatable bonds is 1. The van der Waals surface area contributed by atoms with Crippen LogP contribution >= 0.6 is 0 Å². The number of carbonyl (C=O) groups excluding carboxylic acids is 1. The zero-order chi connectivity index (χ0) is 19.6. The van der Waals surface area contributed by atoms with Crippen molar-refractivity contribution in [1.29, 1.82) is 0 Å². The topological polar surface area (TPSA) is 66.8 Å². The standard InChI is InChI=1S/C23H30O4/c1-5-22(25)11-9-19-17-7-6-16-12-14(2)13-23(26,27-15(3)24)20(16)18(17)8-10-21(19,22)4/h1,12,17-20,25-26H,2,6-11,13H2,3-4H3/t17-,18+,19+,20+,21+,22+,23?/m1/s1. The first kappa shape index (κ1) is 18.8. The Morgan fingerprint density at radius 1 is 1.30 bits per heavy atom. The Morgan fingerprint density at radius 3 is 2.70 bits per heavy atom. The molecule has 4 heteroatoms. The largest absolute Gasteiger partial charge is 0.432 e. The Hall–Kier alpha value is -1.57. The molecule has 3 saturated carbocycles. The minimum Gasteiger partial charge on any atom is -0.432 e. The van der Waals surface area contributed by atoms with Gasteiger partial charge in [0, 0.05) is 24.7 Å². The summed E-state index contributed by atoms with van der Waals surface area (Å²) in [6.45, 7) is 7.52. The van der Waals surface area contributed by atoms with E-state index in [9.17, 15) is 15.0 Å². The molecule has 0 heterocycles. The lowest BCUT2D eigenvalue weighted by Gasteiger charge is -2.57. The van der Waals surface area contributed by atoms with E-state index in [-0.39, 0.29) is 23.7 Å².